The van der Waals surface area contributed by atoms with Crippen LogP contribution in [0.15, 0.2) is 18.2 Å². The molecular formula is C15H16N4O4. The number of hydrogen-bond acceptors (Lipinski definition) is 5. The second-order valence-corrected chi connectivity index (χ2v) is 5.59. The van der Waals surface area contributed by atoms with Gasteiger partial charge in [-0.2, -0.15) is 0 Å². The maximum Gasteiger partial charge on any atom is 0.255 e. The first kappa shape index (κ1) is 15.0. The number of rotatable bonds is 4. The lowest BCUT2D eigenvalue weighted by molar-refractivity contribution is -0.137. The molecule has 0 aromatic heterocycles. The van der Waals surface area contributed by atoms with Gasteiger partial charge in [-0.05, 0) is 24.1 Å². The van der Waals surface area contributed by atoms with Crippen molar-refractivity contribution in [3.63, 3.8) is 0 Å². The zero-order valence-electron chi connectivity index (χ0n) is 12.3. The van der Waals surface area contributed by atoms with E-state index in [0.717, 1.165) is 5.56 Å². The van der Waals surface area contributed by atoms with Crippen LogP contribution in [-0.2, 0) is 20.9 Å². The van der Waals surface area contributed by atoms with E-state index in [4.69, 9.17) is 5.73 Å². The number of hydrogen-bond donors (Lipinski definition) is 3. The van der Waals surface area contributed by atoms with Crippen LogP contribution >= 0.6 is 0 Å². The van der Waals surface area contributed by atoms with Crippen LogP contribution in [0.3, 0.4) is 0 Å². The SMILES string of the molecule is NC(=O)CNc1ccc2c(c1)C(=O)N(C1CCC(=O)NC1=O)C2. The van der Waals surface area contributed by atoms with Gasteiger partial charge in [-0.1, -0.05) is 6.07 Å². The number of benzene rings is 1. The molecule has 1 saturated heterocycles. The van der Waals surface area contributed by atoms with Gasteiger partial charge in [0.1, 0.15) is 6.04 Å². The zero-order valence-corrected chi connectivity index (χ0v) is 12.3. The molecule has 2 aliphatic heterocycles. The lowest BCUT2D eigenvalue weighted by Crippen LogP contribution is -2.52. The van der Waals surface area contributed by atoms with Crippen molar-refractivity contribution in [2.75, 3.05) is 11.9 Å². The summed E-state index contributed by atoms with van der Waals surface area (Å²) in [6.45, 7) is 0.306. The van der Waals surface area contributed by atoms with Crippen LogP contribution in [0, 0.1) is 0 Å². The molecule has 1 atom stereocenters. The molecule has 8 heteroatoms. The normalized spacial score (nSPS) is 20.3. The summed E-state index contributed by atoms with van der Waals surface area (Å²) < 4.78 is 0. The summed E-state index contributed by atoms with van der Waals surface area (Å²) in [5, 5.41) is 5.10. The Balaban J connectivity index is 1.78. The highest BCUT2D eigenvalue weighted by Crippen LogP contribution is 2.29. The van der Waals surface area contributed by atoms with Crippen LogP contribution in [0.5, 0.6) is 0 Å². The molecule has 0 spiro atoms. The fourth-order valence-electron chi connectivity index (χ4n) is 2.85. The summed E-state index contributed by atoms with van der Waals surface area (Å²) in [4.78, 5) is 48.0. The first-order valence-corrected chi connectivity index (χ1v) is 7.25. The molecule has 1 fully saturated rings. The van der Waals surface area contributed by atoms with Gasteiger partial charge in [-0.15, -0.1) is 0 Å². The third-order valence-corrected chi connectivity index (χ3v) is 3.99. The summed E-state index contributed by atoms with van der Waals surface area (Å²) in [7, 11) is 0. The van der Waals surface area contributed by atoms with Crippen molar-refractivity contribution in [3.05, 3.63) is 29.3 Å². The van der Waals surface area contributed by atoms with E-state index in [2.05, 4.69) is 10.6 Å². The maximum atomic E-state index is 12.6. The molecule has 0 radical (unpaired) electrons. The van der Waals surface area contributed by atoms with Gasteiger partial charge < -0.3 is 16.0 Å². The molecule has 4 N–H and O–H groups in total. The van der Waals surface area contributed by atoms with Crippen molar-refractivity contribution < 1.29 is 19.2 Å². The Bertz CT molecular complexity index is 715. The standard InChI is InChI=1S/C15H16N4O4/c16-12(20)6-17-9-2-1-8-7-19(15(23)10(8)5-9)11-3-4-13(21)18-14(11)22/h1-2,5,11,17H,3-4,6-7H2,(H2,16,20)(H,18,21,22). The number of carbonyl (C=O) groups is 4. The number of carbonyl (C=O) groups excluding carboxylic acids is 4. The highest BCUT2D eigenvalue weighted by molar-refractivity contribution is 6.05. The molecule has 120 valence electrons. The lowest BCUT2D eigenvalue weighted by Gasteiger charge is -2.29. The van der Waals surface area contributed by atoms with Crippen LogP contribution in [0.25, 0.3) is 0 Å². The molecular weight excluding hydrogens is 300 g/mol. The molecule has 4 amide bonds. The topological polar surface area (TPSA) is 122 Å². The highest BCUT2D eigenvalue weighted by atomic mass is 16.2. The Morgan fingerprint density at radius 3 is 2.83 bits per heavy atom. The van der Waals surface area contributed by atoms with Crippen molar-refractivity contribution in [2.45, 2.75) is 25.4 Å². The number of amides is 4. The summed E-state index contributed by atoms with van der Waals surface area (Å²) >= 11 is 0. The van der Waals surface area contributed by atoms with Gasteiger partial charge in [0.2, 0.25) is 17.7 Å². The molecule has 2 aliphatic rings. The van der Waals surface area contributed by atoms with Gasteiger partial charge in [0.25, 0.3) is 5.91 Å². The quantitative estimate of drug-likeness (QED) is 0.637. The average molecular weight is 316 g/mol. The third-order valence-electron chi connectivity index (χ3n) is 3.99. The molecule has 1 unspecified atom stereocenters. The zero-order chi connectivity index (χ0) is 16.6. The fourth-order valence-corrected chi connectivity index (χ4v) is 2.85. The molecule has 8 nitrogen and oxygen atoms in total. The molecule has 23 heavy (non-hydrogen) atoms. The van der Waals surface area contributed by atoms with Gasteiger partial charge in [-0.3, -0.25) is 24.5 Å². The van der Waals surface area contributed by atoms with Crippen LogP contribution < -0.4 is 16.4 Å². The van der Waals surface area contributed by atoms with Gasteiger partial charge in [0, 0.05) is 24.2 Å². The van der Waals surface area contributed by atoms with E-state index in [1.54, 1.807) is 18.2 Å². The molecule has 3 rings (SSSR count). The largest absolute Gasteiger partial charge is 0.376 e. The Kier molecular flexibility index (Phi) is 3.73. The Labute approximate surface area is 132 Å². The number of fused-ring (bicyclic) bond motifs is 1. The first-order valence-electron chi connectivity index (χ1n) is 7.25. The average Bonchev–Trinajstić information content (AvgIpc) is 2.82. The number of nitrogens with one attached hydrogen (secondary N) is 2. The third kappa shape index (κ3) is 2.87. The van der Waals surface area contributed by atoms with Crippen LogP contribution in [0.4, 0.5) is 5.69 Å². The van der Waals surface area contributed by atoms with Gasteiger partial charge in [0.15, 0.2) is 0 Å². The van der Waals surface area contributed by atoms with Gasteiger partial charge in [-0.25, -0.2) is 0 Å². The Hall–Kier alpha value is -2.90. The molecule has 2 heterocycles. The minimum Gasteiger partial charge on any atom is -0.376 e. The van der Waals surface area contributed by atoms with Crippen molar-refractivity contribution in [2.24, 2.45) is 5.73 Å². The number of nitrogens with zero attached hydrogens (tertiary/aromatic N) is 1. The smallest absolute Gasteiger partial charge is 0.255 e. The minimum atomic E-state index is -0.630. The summed E-state index contributed by atoms with van der Waals surface area (Å²) in [5.41, 5.74) is 6.99. The van der Waals surface area contributed by atoms with E-state index in [1.165, 1.54) is 4.90 Å². The van der Waals surface area contributed by atoms with Crippen LogP contribution in [-0.4, -0.2) is 41.1 Å². The second-order valence-electron chi connectivity index (χ2n) is 5.59. The van der Waals surface area contributed by atoms with E-state index in [9.17, 15) is 19.2 Å². The van der Waals surface area contributed by atoms with Crippen molar-refractivity contribution >= 4 is 29.3 Å². The number of anilines is 1. The number of piperidine rings is 1. The predicted molar refractivity (Wildman–Crippen MR) is 80.2 cm³/mol. The number of imide groups is 1. The lowest BCUT2D eigenvalue weighted by atomic mass is 10.0. The van der Waals surface area contributed by atoms with E-state index in [1.807, 2.05) is 0 Å². The van der Waals surface area contributed by atoms with Crippen molar-refractivity contribution in [1.29, 1.82) is 0 Å². The molecule has 1 aromatic carbocycles. The van der Waals surface area contributed by atoms with Crippen LogP contribution in [0.2, 0.25) is 0 Å². The fraction of sp³-hybridized carbons (Fsp3) is 0.333. The van der Waals surface area contributed by atoms with Crippen molar-refractivity contribution in [1.82, 2.24) is 10.2 Å². The van der Waals surface area contributed by atoms with Crippen LogP contribution in [0.1, 0.15) is 28.8 Å². The van der Waals surface area contributed by atoms with E-state index in [-0.39, 0.29) is 24.8 Å². The molecule has 1 aromatic rings. The summed E-state index contributed by atoms with van der Waals surface area (Å²) in [6.07, 6.45) is 0.555. The molecule has 0 bridgehead atoms. The second kappa shape index (κ2) is 5.71. The van der Waals surface area contributed by atoms with Gasteiger partial charge >= 0.3 is 0 Å². The summed E-state index contributed by atoms with van der Waals surface area (Å²) in [6, 6.07) is 4.55. The van der Waals surface area contributed by atoms with E-state index in [0.29, 0.717) is 24.2 Å². The summed E-state index contributed by atoms with van der Waals surface area (Å²) in [5.74, 6) is -1.50. The van der Waals surface area contributed by atoms with E-state index >= 15 is 0 Å². The maximum absolute atomic E-state index is 12.6. The van der Waals surface area contributed by atoms with Crippen molar-refractivity contribution in [3.8, 4) is 0 Å². The highest BCUT2D eigenvalue weighted by Gasteiger charge is 2.39. The first-order chi connectivity index (χ1) is 11.0. The monoisotopic (exact) mass is 316 g/mol. The van der Waals surface area contributed by atoms with E-state index < -0.39 is 17.9 Å². The van der Waals surface area contributed by atoms with Gasteiger partial charge in [0.05, 0.1) is 6.54 Å². The Morgan fingerprint density at radius 2 is 2.13 bits per heavy atom. The number of nitrogens with two attached hydrogens (primary N) is 1. The Morgan fingerprint density at radius 1 is 1.35 bits per heavy atom. The minimum absolute atomic E-state index is 0.0240. The molecule has 0 saturated carbocycles. The number of primary amides is 1. The predicted octanol–water partition coefficient (Wildman–Crippen LogP) is -0.655. The molecule has 0 aliphatic carbocycles.